The maximum absolute atomic E-state index is 13.3. The van der Waals surface area contributed by atoms with E-state index in [1.165, 1.54) is 24.3 Å². The Morgan fingerprint density at radius 1 is 1.39 bits per heavy atom. The molecular weight excluding hydrogens is 363 g/mol. The first kappa shape index (κ1) is 21.8. The van der Waals surface area contributed by atoms with E-state index in [-0.39, 0.29) is 24.2 Å². The zero-order chi connectivity index (χ0) is 20.8. The number of benzene rings is 1. The smallest absolute Gasteiger partial charge is 0.255 e. The van der Waals surface area contributed by atoms with E-state index in [0.717, 1.165) is 0 Å². The monoisotopic (exact) mass is 390 g/mol. The molecule has 2 N–H and O–H groups in total. The summed E-state index contributed by atoms with van der Waals surface area (Å²) in [6.45, 7) is 8.22. The van der Waals surface area contributed by atoms with Crippen molar-refractivity contribution >= 4 is 11.8 Å². The average molecular weight is 390 g/mol. The van der Waals surface area contributed by atoms with Crippen LogP contribution in [0.3, 0.4) is 0 Å². The minimum Gasteiger partial charge on any atom is -0.387 e. The SMILES string of the molecule is CC(C)(C=C=O)OCC(C)(C)OC1CNC=C(NC(=O)c2cccc(F)c2)C1. The van der Waals surface area contributed by atoms with Crippen molar-refractivity contribution in [3.63, 3.8) is 0 Å². The van der Waals surface area contributed by atoms with Crippen molar-refractivity contribution in [2.24, 2.45) is 0 Å². The number of carbonyl (C=O) groups excluding carboxylic acids is 2. The van der Waals surface area contributed by atoms with E-state index in [9.17, 15) is 14.0 Å². The summed E-state index contributed by atoms with van der Waals surface area (Å²) in [7, 11) is 0. The van der Waals surface area contributed by atoms with E-state index < -0.39 is 17.0 Å². The molecule has 2 rings (SSSR count). The molecular formula is C21H27FN2O4. The van der Waals surface area contributed by atoms with Crippen LogP contribution in [0.4, 0.5) is 4.39 Å². The molecule has 6 nitrogen and oxygen atoms in total. The Morgan fingerprint density at radius 3 is 2.82 bits per heavy atom. The molecule has 1 aromatic carbocycles. The van der Waals surface area contributed by atoms with Gasteiger partial charge in [-0.15, -0.1) is 0 Å². The average Bonchev–Trinajstić information content (AvgIpc) is 2.60. The highest BCUT2D eigenvalue weighted by Gasteiger charge is 2.29. The molecule has 1 heterocycles. The third-order valence-electron chi connectivity index (χ3n) is 4.11. The Morgan fingerprint density at radius 2 is 2.14 bits per heavy atom. The van der Waals surface area contributed by atoms with Gasteiger partial charge in [0.2, 0.25) is 0 Å². The number of rotatable bonds is 8. The largest absolute Gasteiger partial charge is 0.387 e. The Labute approximate surface area is 164 Å². The van der Waals surface area contributed by atoms with Gasteiger partial charge >= 0.3 is 0 Å². The molecule has 0 bridgehead atoms. The molecule has 1 amide bonds. The molecule has 152 valence electrons. The predicted octanol–water partition coefficient (Wildman–Crippen LogP) is 2.74. The van der Waals surface area contributed by atoms with Crippen LogP contribution in [0.25, 0.3) is 0 Å². The van der Waals surface area contributed by atoms with Gasteiger partial charge in [-0.1, -0.05) is 6.07 Å². The van der Waals surface area contributed by atoms with E-state index in [1.54, 1.807) is 32.1 Å². The highest BCUT2D eigenvalue weighted by Crippen LogP contribution is 2.21. The molecule has 1 aliphatic rings. The van der Waals surface area contributed by atoms with Crippen LogP contribution in [0.2, 0.25) is 0 Å². The molecule has 28 heavy (non-hydrogen) atoms. The van der Waals surface area contributed by atoms with E-state index >= 15 is 0 Å². The summed E-state index contributed by atoms with van der Waals surface area (Å²) in [5, 5.41) is 5.88. The fourth-order valence-electron chi connectivity index (χ4n) is 2.74. The number of amides is 1. The molecule has 0 spiro atoms. The van der Waals surface area contributed by atoms with Crippen molar-refractivity contribution in [2.45, 2.75) is 51.4 Å². The Hall–Kier alpha value is -2.47. The molecule has 0 aromatic heterocycles. The van der Waals surface area contributed by atoms with Crippen LogP contribution >= 0.6 is 0 Å². The number of hydrogen-bond donors (Lipinski definition) is 2. The summed E-state index contributed by atoms with van der Waals surface area (Å²) < 4.78 is 25.2. The van der Waals surface area contributed by atoms with Gasteiger partial charge < -0.3 is 20.1 Å². The maximum Gasteiger partial charge on any atom is 0.255 e. The Kier molecular flexibility index (Phi) is 7.13. The highest BCUT2D eigenvalue weighted by atomic mass is 19.1. The maximum atomic E-state index is 13.3. The highest BCUT2D eigenvalue weighted by molar-refractivity contribution is 5.95. The van der Waals surface area contributed by atoms with Crippen LogP contribution in [0.1, 0.15) is 44.5 Å². The standard InChI is InChI=1S/C21H27FN2O4/c1-20(2,8-9-25)27-14-21(3,4)28-18-11-17(12-23-13-18)24-19(26)15-6-5-7-16(22)10-15/h5-8,10,12,18,23H,11,13-14H2,1-4H3,(H,24,26). The van der Waals surface area contributed by atoms with Crippen molar-refractivity contribution in [1.29, 1.82) is 0 Å². The topological polar surface area (TPSA) is 76.7 Å². The number of carbonyl (C=O) groups is 1. The van der Waals surface area contributed by atoms with Crippen LogP contribution in [0.15, 0.2) is 42.2 Å². The number of nitrogens with one attached hydrogen (secondary N) is 2. The van der Waals surface area contributed by atoms with E-state index in [4.69, 9.17) is 9.47 Å². The van der Waals surface area contributed by atoms with Gasteiger partial charge in [-0.2, -0.15) is 0 Å². The molecule has 7 heteroatoms. The summed E-state index contributed by atoms with van der Waals surface area (Å²) >= 11 is 0. The van der Waals surface area contributed by atoms with Crippen LogP contribution in [-0.4, -0.2) is 42.3 Å². The lowest BCUT2D eigenvalue weighted by molar-refractivity contribution is -0.133. The summed E-state index contributed by atoms with van der Waals surface area (Å²) in [5.74, 6) is 0.908. The van der Waals surface area contributed by atoms with Gasteiger partial charge in [0.1, 0.15) is 11.8 Å². The molecule has 0 saturated carbocycles. The molecule has 1 aliphatic heterocycles. The van der Waals surface area contributed by atoms with Gasteiger partial charge in [-0.25, -0.2) is 9.18 Å². The fraction of sp³-hybridized carbons (Fsp3) is 0.476. The van der Waals surface area contributed by atoms with Crippen LogP contribution < -0.4 is 10.6 Å². The van der Waals surface area contributed by atoms with Gasteiger partial charge in [-0.3, -0.25) is 4.79 Å². The second-order valence-corrected chi connectivity index (χ2v) is 7.90. The summed E-state index contributed by atoms with van der Waals surface area (Å²) in [6.07, 6.45) is 3.36. The zero-order valence-corrected chi connectivity index (χ0v) is 16.7. The quantitative estimate of drug-likeness (QED) is 0.668. The second-order valence-electron chi connectivity index (χ2n) is 7.90. The number of ether oxygens (including phenoxy) is 2. The van der Waals surface area contributed by atoms with Crippen molar-refractivity contribution in [2.75, 3.05) is 13.2 Å². The third kappa shape index (κ3) is 6.93. The van der Waals surface area contributed by atoms with E-state index in [2.05, 4.69) is 10.6 Å². The summed E-state index contributed by atoms with van der Waals surface area (Å²) in [5.41, 5.74) is -0.415. The number of hydrogen-bond acceptors (Lipinski definition) is 5. The van der Waals surface area contributed by atoms with Gasteiger partial charge in [0, 0.05) is 36.5 Å². The minimum atomic E-state index is -0.725. The fourth-order valence-corrected chi connectivity index (χ4v) is 2.74. The lowest BCUT2D eigenvalue weighted by Gasteiger charge is -2.35. The molecule has 1 aromatic rings. The first-order chi connectivity index (χ1) is 13.1. The van der Waals surface area contributed by atoms with Gasteiger partial charge in [0.25, 0.3) is 5.91 Å². The van der Waals surface area contributed by atoms with Crippen molar-refractivity contribution in [1.82, 2.24) is 10.6 Å². The molecule has 0 fully saturated rings. The van der Waals surface area contributed by atoms with E-state index in [1.807, 2.05) is 13.8 Å². The van der Waals surface area contributed by atoms with Crippen LogP contribution in [-0.2, 0) is 14.3 Å². The summed E-state index contributed by atoms with van der Waals surface area (Å²) in [6, 6.07) is 5.53. The van der Waals surface area contributed by atoms with Crippen LogP contribution in [0.5, 0.6) is 0 Å². The zero-order valence-electron chi connectivity index (χ0n) is 16.7. The first-order valence-corrected chi connectivity index (χ1v) is 9.13. The number of halogens is 1. The minimum absolute atomic E-state index is 0.184. The molecule has 1 unspecified atom stereocenters. The predicted molar refractivity (Wildman–Crippen MR) is 104 cm³/mol. The van der Waals surface area contributed by atoms with Gasteiger partial charge in [-0.05, 0) is 45.9 Å². The Balaban J connectivity index is 1.90. The molecule has 0 saturated heterocycles. The van der Waals surface area contributed by atoms with Crippen molar-refractivity contribution < 1.29 is 23.5 Å². The van der Waals surface area contributed by atoms with Crippen molar-refractivity contribution in [3.8, 4) is 0 Å². The van der Waals surface area contributed by atoms with E-state index in [0.29, 0.717) is 18.7 Å². The molecule has 0 radical (unpaired) electrons. The lowest BCUT2D eigenvalue weighted by atomic mass is 10.1. The van der Waals surface area contributed by atoms with Crippen molar-refractivity contribution in [3.05, 3.63) is 53.6 Å². The van der Waals surface area contributed by atoms with Gasteiger partial charge in [0.05, 0.1) is 23.9 Å². The third-order valence-corrected chi connectivity index (χ3v) is 4.11. The van der Waals surface area contributed by atoms with Gasteiger partial charge in [0.15, 0.2) is 0 Å². The normalized spacial score (nSPS) is 17.2. The molecule has 1 atom stereocenters. The second kappa shape index (κ2) is 9.15. The molecule has 0 aliphatic carbocycles. The Bertz CT molecular complexity index is 782. The van der Waals surface area contributed by atoms with Crippen LogP contribution in [0, 0.1) is 5.82 Å². The summed E-state index contributed by atoms with van der Waals surface area (Å²) in [4.78, 5) is 22.8. The first-order valence-electron chi connectivity index (χ1n) is 9.13. The lowest BCUT2D eigenvalue weighted by Crippen LogP contribution is -2.44.